The molecule has 10 amide bonds. The van der Waals surface area contributed by atoms with Crippen molar-refractivity contribution in [3.05, 3.63) is 71.8 Å². The van der Waals surface area contributed by atoms with Gasteiger partial charge >= 0.3 is 5.97 Å². The summed E-state index contributed by atoms with van der Waals surface area (Å²) in [6, 6.07) is 3.32. The van der Waals surface area contributed by atoms with Gasteiger partial charge in [0.1, 0.15) is 60.4 Å². The maximum absolute atomic E-state index is 14.9. The van der Waals surface area contributed by atoms with Gasteiger partial charge < -0.3 is 74.0 Å². The van der Waals surface area contributed by atoms with Gasteiger partial charge in [-0.25, -0.2) is 0 Å². The highest BCUT2D eigenvalue weighted by molar-refractivity contribution is 6.00. The summed E-state index contributed by atoms with van der Waals surface area (Å²) in [6.45, 7) is 11.8. The van der Waals surface area contributed by atoms with Crippen LogP contribution in [0.3, 0.4) is 0 Å². The van der Waals surface area contributed by atoms with Gasteiger partial charge in [0.25, 0.3) is 0 Å². The Labute approximate surface area is 495 Å². The van der Waals surface area contributed by atoms with Gasteiger partial charge in [-0.2, -0.15) is 0 Å². The third kappa shape index (κ3) is 20.3. The van der Waals surface area contributed by atoms with Gasteiger partial charge in [0, 0.05) is 32.5 Å². The Kier molecular flexibility index (Phi) is 25.6. The van der Waals surface area contributed by atoms with Crippen LogP contribution >= 0.6 is 0 Å². The van der Waals surface area contributed by atoms with E-state index in [0.717, 1.165) is 0 Å². The maximum atomic E-state index is 14.9. The Morgan fingerprint density at radius 3 is 1.34 bits per heavy atom. The molecule has 11 atom stereocenters. The Morgan fingerprint density at radius 1 is 0.529 bits per heavy atom. The molecule has 0 spiro atoms. The summed E-state index contributed by atoms with van der Waals surface area (Å²) in [5, 5.41) is 42.4. The summed E-state index contributed by atoms with van der Waals surface area (Å²) in [5.74, 6) is -11.3. The van der Waals surface area contributed by atoms with Crippen molar-refractivity contribution in [2.75, 3.05) is 19.6 Å². The number of aliphatic hydroxyl groups excluding tert-OH is 1. The summed E-state index contributed by atoms with van der Waals surface area (Å²) in [7, 11) is 0. The van der Waals surface area contributed by atoms with E-state index >= 15 is 0 Å². The summed E-state index contributed by atoms with van der Waals surface area (Å²) in [4.78, 5) is 164. The summed E-state index contributed by atoms with van der Waals surface area (Å²) in [5.41, 5.74) is 12.4. The molecule has 3 fully saturated rings. The van der Waals surface area contributed by atoms with Gasteiger partial charge in [-0.15, -0.1) is 0 Å². The number of nitrogens with one attached hydrogen (secondary N) is 8. The highest BCUT2D eigenvalue weighted by atomic mass is 16.4. The first-order chi connectivity index (χ1) is 40.2. The number of fused-ring (bicyclic) bond motifs is 2. The second-order valence-electron chi connectivity index (χ2n) is 23.4. The Hall–Kier alpha value is -8.16. The lowest BCUT2D eigenvalue weighted by molar-refractivity contribution is -0.144. The zero-order valence-corrected chi connectivity index (χ0v) is 49.6. The number of rotatable bonds is 16. The second kappa shape index (κ2) is 32.2. The number of amides is 10. The molecule has 26 heteroatoms. The van der Waals surface area contributed by atoms with Crippen molar-refractivity contribution in [3.63, 3.8) is 0 Å². The van der Waals surface area contributed by atoms with E-state index < -0.39 is 144 Å². The number of hydrogen-bond acceptors (Lipinski definition) is 13. The number of carboxylic acid groups (broad SMARTS) is 1. The van der Waals surface area contributed by atoms with Crippen molar-refractivity contribution in [1.29, 1.82) is 0 Å². The summed E-state index contributed by atoms with van der Waals surface area (Å²) < 4.78 is 0. The van der Waals surface area contributed by atoms with Gasteiger partial charge in [0.2, 0.25) is 59.1 Å². The molecule has 14 N–H and O–H groups in total. The third-order valence-corrected chi connectivity index (χ3v) is 15.1. The van der Waals surface area contributed by atoms with Gasteiger partial charge in [0.15, 0.2) is 5.96 Å². The molecule has 26 nitrogen and oxygen atoms in total. The minimum Gasteiger partial charge on any atom is -0.481 e. The Morgan fingerprint density at radius 2 is 0.918 bits per heavy atom. The van der Waals surface area contributed by atoms with Crippen LogP contribution in [0.15, 0.2) is 65.7 Å². The van der Waals surface area contributed by atoms with Crippen LogP contribution < -0.4 is 54.0 Å². The van der Waals surface area contributed by atoms with Crippen molar-refractivity contribution in [1.82, 2.24) is 52.3 Å². The van der Waals surface area contributed by atoms with Crippen LogP contribution in [-0.2, 0) is 65.6 Å². The number of carbonyl (C=O) groups excluding carboxylic acids is 10. The van der Waals surface area contributed by atoms with E-state index in [1.807, 2.05) is 13.8 Å². The molecule has 0 unspecified atom stereocenters. The zero-order valence-electron chi connectivity index (χ0n) is 49.6. The fraction of sp³-hybridized carbons (Fsp3) is 0.593. The maximum Gasteiger partial charge on any atom is 0.305 e. The number of nitrogens with two attached hydrogens (primary N) is 2. The SMILES string of the molecule is CC(C)C[C@@H]1NC(=O)[C@H](CC(=O)O)NC(=O)[C@H](CCCN=C(N)N)NC(=O)[C@H](C(C)C)NC(=O)[C@@H]2CCCN2C(=O)[C@@H](Cc2ccccc2)NC(=O)[C@H](CC(C)C)NC(=O)[C@H]([C@@H](C)O)NC(=O)[C@@H]2CCCN2C(=O)[C@@H](Cc2ccccc2)NC1=O. The number of guanidine groups is 1. The molecule has 0 radical (unpaired) electrons. The molecule has 85 heavy (non-hydrogen) atoms. The van der Waals surface area contributed by atoms with E-state index in [4.69, 9.17) is 11.5 Å². The summed E-state index contributed by atoms with van der Waals surface area (Å²) in [6.07, 6.45) is -1.77. The van der Waals surface area contributed by atoms with Crippen molar-refractivity contribution < 1.29 is 63.0 Å². The average molecular weight is 1190 g/mol. The van der Waals surface area contributed by atoms with Crippen molar-refractivity contribution >= 4 is 71.0 Å². The van der Waals surface area contributed by atoms with E-state index in [0.29, 0.717) is 24.0 Å². The number of aliphatic imine (C=N–C) groups is 1. The highest BCUT2D eigenvalue weighted by Crippen LogP contribution is 2.23. The van der Waals surface area contributed by atoms with E-state index in [2.05, 4.69) is 47.5 Å². The largest absolute Gasteiger partial charge is 0.481 e. The number of aliphatic carboxylic acids is 1. The van der Waals surface area contributed by atoms with Crippen LogP contribution in [0.25, 0.3) is 0 Å². The molecular weight excluding hydrogens is 1100 g/mol. The molecule has 0 bridgehead atoms. The topological polar surface area (TPSA) is 395 Å². The Balaban J connectivity index is 1.61. The van der Waals surface area contributed by atoms with E-state index in [1.54, 1.807) is 88.4 Å². The first-order valence-electron chi connectivity index (χ1n) is 29.3. The molecule has 5 rings (SSSR count). The molecule has 0 aliphatic carbocycles. The molecule has 3 aliphatic heterocycles. The van der Waals surface area contributed by atoms with Crippen LogP contribution in [0.4, 0.5) is 0 Å². The standard InChI is InChI=1S/C59H87N13O13/c1-32(2)27-39-50(77)67-42(29-36-17-10-8-11-18-36)58(85)72-26-16-23-45(72)54(81)70-48(35(7)73)56(83)66-40(28-33(3)4)51(78)68-43(30-37-19-12-9-13-20-37)57(84)71-25-15-22-44(71)53(80)69-47(34(5)6)55(82)63-38(21-14-24-62-59(60)61)49(76)65-41(31-46(74)75)52(79)64-39/h8-13,17-20,32-35,38-45,47-48,73H,14-16,21-31H2,1-7H3,(H,63,82)(H,64,79)(H,65,76)(H,66,83)(H,67,77)(H,68,78)(H,69,80)(H,70,81)(H,74,75)(H4,60,61,62)/t35-,38+,39+,40+,41+,42-,43-,44+,45+,47+,48+/m1/s1. The van der Waals surface area contributed by atoms with Gasteiger partial charge in [-0.05, 0) is 87.2 Å². The quantitative estimate of drug-likeness (QED) is 0.0545. The first kappa shape index (κ1) is 67.6. The molecule has 3 heterocycles. The number of benzene rings is 2. The predicted octanol–water partition coefficient (Wildman–Crippen LogP) is -0.997. The van der Waals surface area contributed by atoms with Crippen LogP contribution in [0.5, 0.6) is 0 Å². The minimum absolute atomic E-state index is 0.00944. The predicted molar refractivity (Wildman–Crippen MR) is 313 cm³/mol. The molecule has 466 valence electrons. The lowest BCUT2D eigenvalue weighted by Gasteiger charge is -2.33. The number of carboxylic acids is 1. The minimum atomic E-state index is -1.84. The lowest BCUT2D eigenvalue weighted by atomic mass is 9.99. The third-order valence-electron chi connectivity index (χ3n) is 15.1. The molecule has 2 aromatic rings. The van der Waals surface area contributed by atoms with Gasteiger partial charge in [0.05, 0.1) is 12.5 Å². The van der Waals surface area contributed by atoms with E-state index in [9.17, 15) is 63.0 Å². The Bertz CT molecular complexity index is 2710. The van der Waals surface area contributed by atoms with E-state index in [-0.39, 0.29) is 88.8 Å². The molecule has 3 aliphatic rings. The monoisotopic (exact) mass is 1190 g/mol. The van der Waals surface area contributed by atoms with Gasteiger partial charge in [-0.1, -0.05) is 102 Å². The molecular formula is C59H87N13O13. The fourth-order valence-corrected chi connectivity index (χ4v) is 10.7. The number of hydrogen-bond donors (Lipinski definition) is 12. The van der Waals surface area contributed by atoms with Crippen LogP contribution in [0.2, 0.25) is 0 Å². The molecule has 3 saturated heterocycles. The average Bonchev–Trinajstić information content (AvgIpc) is 4.20. The van der Waals surface area contributed by atoms with Gasteiger partial charge in [-0.3, -0.25) is 57.7 Å². The number of carbonyl (C=O) groups is 11. The summed E-state index contributed by atoms with van der Waals surface area (Å²) >= 11 is 0. The van der Waals surface area contributed by atoms with Crippen LogP contribution in [-0.4, -0.2) is 177 Å². The smallest absolute Gasteiger partial charge is 0.305 e. The fourth-order valence-electron chi connectivity index (χ4n) is 10.7. The second-order valence-corrected chi connectivity index (χ2v) is 23.4. The zero-order chi connectivity index (χ0) is 62.7. The first-order valence-corrected chi connectivity index (χ1v) is 29.3. The van der Waals surface area contributed by atoms with Crippen molar-refractivity contribution in [2.45, 2.75) is 186 Å². The number of nitrogens with zero attached hydrogens (tertiary/aromatic N) is 3. The lowest BCUT2D eigenvalue weighted by Crippen LogP contribution is -2.62. The van der Waals surface area contributed by atoms with Crippen molar-refractivity contribution in [2.24, 2.45) is 34.2 Å². The molecule has 0 aromatic heterocycles. The molecule has 2 aromatic carbocycles. The highest BCUT2D eigenvalue weighted by Gasteiger charge is 2.44. The normalized spacial score (nSPS) is 26.2. The van der Waals surface area contributed by atoms with E-state index in [1.165, 1.54) is 16.7 Å². The van der Waals surface area contributed by atoms with Crippen molar-refractivity contribution in [3.8, 4) is 0 Å². The number of aliphatic hydroxyl groups is 1. The molecule has 0 saturated carbocycles. The van der Waals surface area contributed by atoms with Crippen LogP contribution in [0, 0.1) is 17.8 Å². The van der Waals surface area contributed by atoms with Crippen LogP contribution in [0.1, 0.15) is 117 Å².